The second kappa shape index (κ2) is 4.94. The van der Waals surface area contributed by atoms with Crippen LogP contribution in [0.3, 0.4) is 0 Å². The lowest BCUT2D eigenvalue weighted by atomic mass is 10.2. The molecule has 0 aromatic carbocycles. The average Bonchev–Trinajstić information content (AvgIpc) is 2.42. The Balaban J connectivity index is 2.45. The second-order valence-electron chi connectivity index (χ2n) is 5.52. The zero-order valence-electron chi connectivity index (χ0n) is 10.8. The van der Waals surface area contributed by atoms with Crippen LogP contribution in [0.25, 0.3) is 0 Å². The van der Waals surface area contributed by atoms with E-state index in [9.17, 15) is 13.2 Å². The summed E-state index contributed by atoms with van der Waals surface area (Å²) in [6, 6.07) is -0.616. The van der Waals surface area contributed by atoms with Gasteiger partial charge in [-0.1, -0.05) is 0 Å². The molecule has 1 aliphatic heterocycles. The maximum Gasteiger partial charge on any atom is 0.323 e. The van der Waals surface area contributed by atoms with Crippen LogP contribution in [0.1, 0.15) is 34.1 Å². The molecule has 0 aromatic rings. The van der Waals surface area contributed by atoms with Crippen LogP contribution in [0, 0.1) is 0 Å². The van der Waals surface area contributed by atoms with Crippen molar-refractivity contribution >= 4 is 15.8 Å². The fraction of sp³-hybridized carbons (Fsp3) is 0.909. The zero-order valence-corrected chi connectivity index (χ0v) is 11.6. The molecular formula is C11H21NO4S. The Morgan fingerprint density at radius 3 is 2.41 bits per heavy atom. The fourth-order valence-corrected chi connectivity index (χ4v) is 3.42. The normalized spacial score (nSPS) is 25.5. The smallest absolute Gasteiger partial charge is 0.323 e. The van der Waals surface area contributed by atoms with Crippen molar-refractivity contribution in [2.24, 2.45) is 0 Å². The third-order valence-corrected chi connectivity index (χ3v) is 4.25. The van der Waals surface area contributed by atoms with Gasteiger partial charge >= 0.3 is 5.97 Å². The largest absolute Gasteiger partial charge is 0.459 e. The molecule has 1 fully saturated rings. The van der Waals surface area contributed by atoms with E-state index in [4.69, 9.17) is 4.74 Å². The summed E-state index contributed by atoms with van der Waals surface area (Å²) in [6.07, 6.45) is 0.565. The molecule has 2 atom stereocenters. The van der Waals surface area contributed by atoms with Gasteiger partial charge in [0, 0.05) is 6.04 Å². The predicted molar refractivity (Wildman–Crippen MR) is 65.5 cm³/mol. The van der Waals surface area contributed by atoms with E-state index in [1.165, 1.54) is 0 Å². The van der Waals surface area contributed by atoms with E-state index < -0.39 is 21.5 Å². The second-order valence-corrected chi connectivity index (χ2v) is 7.75. The molecule has 0 aromatic heterocycles. The molecule has 1 saturated heterocycles. The summed E-state index contributed by atoms with van der Waals surface area (Å²) >= 11 is 0. The molecule has 0 spiro atoms. The SMILES string of the molecule is CC(NC1CCS(=O)(=O)C1)C(=O)OC(C)(C)C. The molecule has 5 nitrogen and oxygen atoms in total. The van der Waals surface area contributed by atoms with Crippen molar-refractivity contribution in [3.05, 3.63) is 0 Å². The van der Waals surface area contributed by atoms with Gasteiger partial charge in [0.15, 0.2) is 9.84 Å². The Hall–Kier alpha value is -0.620. The predicted octanol–water partition coefficient (Wildman–Crippen LogP) is 0.493. The first-order valence-corrected chi connectivity index (χ1v) is 7.60. The van der Waals surface area contributed by atoms with Gasteiger partial charge in [-0.3, -0.25) is 4.79 Å². The lowest BCUT2D eigenvalue weighted by molar-refractivity contribution is -0.157. The van der Waals surface area contributed by atoms with Crippen molar-refractivity contribution in [2.75, 3.05) is 11.5 Å². The molecule has 100 valence electrons. The Bertz CT molecular complexity index is 383. The number of hydrogen-bond acceptors (Lipinski definition) is 5. The van der Waals surface area contributed by atoms with E-state index >= 15 is 0 Å². The minimum Gasteiger partial charge on any atom is -0.459 e. The third kappa shape index (κ3) is 5.04. The number of hydrogen-bond donors (Lipinski definition) is 1. The average molecular weight is 263 g/mol. The molecule has 0 radical (unpaired) electrons. The highest BCUT2D eigenvalue weighted by molar-refractivity contribution is 7.91. The monoisotopic (exact) mass is 263 g/mol. The molecule has 2 unspecified atom stereocenters. The molecule has 1 aliphatic rings. The molecule has 0 saturated carbocycles. The number of carbonyl (C=O) groups excluding carboxylic acids is 1. The van der Waals surface area contributed by atoms with Gasteiger partial charge in [0.25, 0.3) is 0 Å². The van der Waals surface area contributed by atoms with Crippen LogP contribution in [0.15, 0.2) is 0 Å². The summed E-state index contributed by atoms with van der Waals surface area (Å²) in [5, 5.41) is 3.00. The van der Waals surface area contributed by atoms with Gasteiger partial charge in [-0.15, -0.1) is 0 Å². The first-order chi connectivity index (χ1) is 7.59. The van der Waals surface area contributed by atoms with Crippen LogP contribution in [-0.2, 0) is 19.4 Å². The number of ether oxygens (including phenoxy) is 1. The van der Waals surface area contributed by atoms with E-state index in [2.05, 4.69) is 5.32 Å². The topological polar surface area (TPSA) is 72.5 Å². The van der Waals surface area contributed by atoms with Crippen molar-refractivity contribution in [1.82, 2.24) is 5.32 Å². The number of sulfone groups is 1. The van der Waals surface area contributed by atoms with Crippen LogP contribution in [0.2, 0.25) is 0 Å². The molecule has 0 bridgehead atoms. The van der Waals surface area contributed by atoms with Gasteiger partial charge in [-0.25, -0.2) is 8.42 Å². The van der Waals surface area contributed by atoms with Crippen LogP contribution >= 0.6 is 0 Å². The standard InChI is InChI=1S/C11H21NO4S/c1-8(10(13)16-11(2,3)4)12-9-5-6-17(14,15)7-9/h8-9,12H,5-7H2,1-4H3. The lowest BCUT2D eigenvalue weighted by Crippen LogP contribution is -2.44. The first kappa shape index (κ1) is 14.4. The van der Waals surface area contributed by atoms with Crippen LogP contribution < -0.4 is 5.32 Å². The summed E-state index contributed by atoms with van der Waals surface area (Å²) in [7, 11) is -2.92. The van der Waals surface area contributed by atoms with Crippen LogP contribution in [0.4, 0.5) is 0 Å². The van der Waals surface area contributed by atoms with Crippen LogP contribution in [0.5, 0.6) is 0 Å². The molecular weight excluding hydrogens is 242 g/mol. The Morgan fingerprint density at radius 1 is 1.41 bits per heavy atom. The molecule has 1 N–H and O–H groups in total. The van der Waals surface area contributed by atoms with Gasteiger partial charge < -0.3 is 10.1 Å². The van der Waals surface area contributed by atoms with Crippen molar-refractivity contribution < 1.29 is 17.9 Å². The number of esters is 1. The highest BCUT2D eigenvalue weighted by Crippen LogP contribution is 2.13. The molecule has 0 amide bonds. The zero-order chi connectivity index (χ0) is 13.3. The van der Waals surface area contributed by atoms with Gasteiger partial charge in [-0.05, 0) is 34.1 Å². The van der Waals surface area contributed by atoms with Gasteiger partial charge in [0.05, 0.1) is 11.5 Å². The summed E-state index contributed by atoms with van der Waals surface area (Å²) in [4.78, 5) is 11.7. The van der Waals surface area contributed by atoms with E-state index in [0.717, 1.165) is 0 Å². The molecule has 1 rings (SSSR count). The summed E-state index contributed by atoms with van der Waals surface area (Å²) in [5.74, 6) is -0.0342. The van der Waals surface area contributed by atoms with Gasteiger partial charge in [0.2, 0.25) is 0 Å². The quantitative estimate of drug-likeness (QED) is 0.750. The van der Waals surface area contributed by atoms with E-state index in [0.29, 0.717) is 6.42 Å². The maximum atomic E-state index is 11.7. The van der Waals surface area contributed by atoms with Crippen LogP contribution in [-0.4, -0.2) is 43.6 Å². The van der Waals surface area contributed by atoms with Gasteiger partial charge in [-0.2, -0.15) is 0 Å². The van der Waals surface area contributed by atoms with E-state index in [1.54, 1.807) is 27.7 Å². The Kier molecular flexibility index (Phi) is 4.19. The molecule has 17 heavy (non-hydrogen) atoms. The van der Waals surface area contributed by atoms with Gasteiger partial charge in [0.1, 0.15) is 11.6 Å². The Morgan fingerprint density at radius 2 is 2.00 bits per heavy atom. The van der Waals surface area contributed by atoms with E-state index in [-0.39, 0.29) is 23.5 Å². The van der Waals surface area contributed by atoms with Crippen molar-refractivity contribution in [1.29, 1.82) is 0 Å². The highest BCUT2D eigenvalue weighted by atomic mass is 32.2. The number of carbonyl (C=O) groups is 1. The maximum absolute atomic E-state index is 11.7. The van der Waals surface area contributed by atoms with Crippen molar-refractivity contribution in [2.45, 2.75) is 51.8 Å². The third-order valence-electron chi connectivity index (χ3n) is 2.48. The molecule has 0 aliphatic carbocycles. The first-order valence-electron chi connectivity index (χ1n) is 5.78. The molecule has 6 heteroatoms. The van der Waals surface area contributed by atoms with Crippen molar-refractivity contribution in [3.8, 4) is 0 Å². The highest BCUT2D eigenvalue weighted by Gasteiger charge is 2.31. The minimum atomic E-state index is -2.92. The van der Waals surface area contributed by atoms with E-state index in [1.807, 2.05) is 0 Å². The number of rotatable bonds is 3. The lowest BCUT2D eigenvalue weighted by Gasteiger charge is -2.24. The minimum absolute atomic E-state index is 0.111. The summed E-state index contributed by atoms with van der Waals surface area (Å²) < 4.78 is 27.7. The number of nitrogens with one attached hydrogen (secondary N) is 1. The Labute approximate surface area is 103 Å². The molecule has 1 heterocycles. The van der Waals surface area contributed by atoms with Crippen molar-refractivity contribution in [3.63, 3.8) is 0 Å². The fourth-order valence-electron chi connectivity index (χ4n) is 1.74. The summed E-state index contributed by atoms with van der Waals surface area (Å²) in [5.41, 5.74) is -0.519. The summed E-state index contributed by atoms with van der Waals surface area (Å²) in [6.45, 7) is 7.10.